The molecule has 4 heteroatoms. The number of rotatable bonds is 1. The Bertz CT molecular complexity index is 304. The molecule has 60 valence electrons. The van der Waals surface area contributed by atoms with Crippen LogP contribution in [0.3, 0.4) is 0 Å². The predicted octanol–water partition coefficient (Wildman–Crippen LogP) is 3.57. The first-order chi connectivity index (χ1) is 5.04. The van der Waals surface area contributed by atoms with Crippen LogP contribution in [0.2, 0.25) is 9.36 Å². The number of carbonyl (C=O) groups excluding carboxylic acids is 1. The van der Waals surface area contributed by atoms with Gasteiger partial charge in [-0.1, -0.05) is 23.2 Å². The number of Topliss-reactive ketones (excluding diaryl/α,β-unsaturated/α-hetero) is 1. The highest BCUT2D eigenvalue weighted by Gasteiger charge is 2.14. The molecule has 0 spiro atoms. The van der Waals surface area contributed by atoms with Crippen molar-refractivity contribution in [3.63, 3.8) is 0 Å². The number of thiophene rings is 1. The van der Waals surface area contributed by atoms with E-state index in [-0.39, 0.29) is 5.78 Å². The van der Waals surface area contributed by atoms with E-state index in [1.54, 1.807) is 6.92 Å². The second kappa shape index (κ2) is 3.13. The van der Waals surface area contributed by atoms with Crippen LogP contribution in [-0.2, 0) is 0 Å². The van der Waals surface area contributed by atoms with Crippen LogP contribution in [0.4, 0.5) is 0 Å². The minimum atomic E-state index is 0.0151. The highest BCUT2D eigenvalue weighted by Crippen LogP contribution is 2.36. The van der Waals surface area contributed by atoms with E-state index in [1.165, 1.54) is 18.3 Å². The zero-order valence-corrected chi connectivity index (χ0v) is 8.40. The third-order valence-corrected chi connectivity index (χ3v) is 3.64. The van der Waals surface area contributed by atoms with Crippen LogP contribution in [0.25, 0.3) is 0 Å². The second-order valence-corrected chi connectivity index (χ2v) is 4.20. The highest BCUT2D eigenvalue weighted by molar-refractivity contribution is 7.19. The summed E-state index contributed by atoms with van der Waals surface area (Å²) in [5, 5.41) is 0.502. The summed E-state index contributed by atoms with van der Waals surface area (Å²) in [6, 6.07) is 0. The molecule has 0 amide bonds. The fraction of sp³-hybridized carbons (Fsp3) is 0.286. The molecular weight excluding hydrogens is 203 g/mol. The maximum absolute atomic E-state index is 10.9. The quantitative estimate of drug-likeness (QED) is 0.646. The second-order valence-electron chi connectivity index (χ2n) is 2.20. The number of ketones is 1. The highest BCUT2D eigenvalue weighted by atomic mass is 35.5. The lowest BCUT2D eigenvalue weighted by Crippen LogP contribution is -1.88. The molecule has 0 saturated heterocycles. The lowest BCUT2D eigenvalue weighted by Gasteiger charge is -1.89. The van der Waals surface area contributed by atoms with Crippen molar-refractivity contribution in [3.8, 4) is 0 Å². The topological polar surface area (TPSA) is 17.1 Å². The molecule has 0 aliphatic heterocycles. The molecule has 1 rings (SSSR count). The summed E-state index contributed by atoms with van der Waals surface area (Å²) in [6.45, 7) is 3.30. The lowest BCUT2D eigenvalue weighted by molar-refractivity contribution is 0.102. The molecule has 0 aliphatic carbocycles. The standard InChI is InChI=1S/C7H6Cl2OS/c1-3-5(8)7(9)11-6(3)4(2)10/h1-2H3. The van der Waals surface area contributed by atoms with Crippen molar-refractivity contribution >= 4 is 40.3 Å². The third-order valence-electron chi connectivity index (χ3n) is 1.35. The Hall–Kier alpha value is -0.0500. The Morgan fingerprint density at radius 1 is 1.45 bits per heavy atom. The SMILES string of the molecule is CC(=O)c1sc(Cl)c(Cl)c1C. The predicted molar refractivity (Wildman–Crippen MR) is 49.1 cm³/mol. The first-order valence-electron chi connectivity index (χ1n) is 2.99. The van der Waals surface area contributed by atoms with Gasteiger partial charge in [0, 0.05) is 0 Å². The van der Waals surface area contributed by atoms with Gasteiger partial charge in [-0.2, -0.15) is 0 Å². The van der Waals surface area contributed by atoms with Crippen molar-refractivity contribution in [2.45, 2.75) is 13.8 Å². The first-order valence-corrected chi connectivity index (χ1v) is 4.56. The molecule has 0 N–H and O–H groups in total. The van der Waals surface area contributed by atoms with E-state index in [4.69, 9.17) is 23.2 Å². The van der Waals surface area contributed by atoms with Gasteiger partial charge in [-0.25, -0.2) is 0 Å². The van der Waals surface area contributed by atoms with Gasteiger partial charge in [0.1, 0.15) is 4.34 Å². The first kappa shape index (κ1) is 9.04. The molecule has 0 radical (unpaired) electrons. The Morgan fingerprint density at radius 2 is 2.00 bits per heavy atom. The molecule has 0 fully saturated rings. The van der Waals surface area contributed by atoms with Gasteiger partial charge in [-0.15, -0.1) is 11.3 Å². The Labute approximate surface area is 78.9 Å². The normalized spacial score (nSPS) is 10.2. The van der Waals surface area contributed by atoms with Crippen molar-refractivity contribution in [1.29, 1.82) is 0 Å². The molecule has 0 aliphatic rings. The van der Waals surface area contributed by atoms with Gasteiger partial charge >= 0.3 is 0 Å². The fourth-order valence-electron chi connectivity index (χ4n) is 0.794. The Balaban J connectivity index is 3.29. The van der Waals surface area contributed by atoms with Crippen LogP contribution in [-0.4, -0.2) is 5.78 Å². The average molecular weight is 209 g/mol. The van der Waals surface area contributed by atoms with Gasteiger partial charge in [0.05, 0.1) is 9.90 Å². The van der Waals surface area contributed by atoms with E-state index in [0.717, 1.165) is 5.56 Å². The largest absolute Gasteiger partial charge is 0.294 e. The average Bonchev–Trinajstić information content (AvgIpc) is 2.17. The summed E-state index contributed by atoms with van der Waals surface area (Å²) >= 11 is 12.7. The minimum absolute atomic E-state index is 0.0151. The number of halogens is 2. The smallest absolute Gasteiger partial charge is 0.170 e. The summed E-state index contributed by atoms with van der Waals surface area (Å²) < 4.78 is 0.495. The summed E-state index contributed by atoms with van der Waals surface area (Å²) in [5.41, 5.74) is 0.786. The summed E-state index contributed by atoms with van der Waals surface area (Å²) in [4.78, 5) is 11.6. The molecule has 0 saturated carbocycles. The molecular formula is C7H6Cl2OS. The van der Waals surface area contributed by atoms with Gasteiger partial charge in [-0.3, -0.25) is 4.79 Å². The van der Waals surface area contributed by atoms with Crippen molar-refractivity contribution in [3.05, 3.63) is 19.8 Å². The maximum atomic E-state index is 10.9. The molecule has 0 bridgehead atoms. The van der Waals surface area contributed by atoms with Crippen molar-refractivity contribution in [2.24, 2.45) is 0 Å². The lowest BCUT2D eigenvalue weighted by atomic mass is 10.2. The van der Waals surface area contributed by atoms with E-state index in [9.17, 15) is 4.79 Å². The molecule has 0 unspecified atom stereocenters. The van der Waals surface area contributed by atoms with Gasteiger partial charge < -0.3 is 0 Å². The fourth-order valence-corrected chi connectivity index (χ4v) is 2.25. The summed E-state index contributed by atoms with van der Waals surface area (Å²) in [5.74, 6) is 0.0151. The number of carbonyl (C=O) groups is 1. The molecule has 1 aromatic heterocycles. The molecule has 11 heavy (non-hydrogen) atoms. The number of hydrogen-bond acceptors (Lipinski definition) is 2. The van der Waals surface area contributed by atoms with Gasteiger partial charge in [0.25, 0.3) is 0 Å². The minimum Gasteiger partial charge on any atom is -0.294 e. The molecule has 1 heterocycles. The van der Waals surface area contributed by atoms with Gasteiger partial charge in [0.15, 0.2) is 5.78 Å². The molecule has 0 aromatic carbocycles. The van der Waals surface area contributed by atoms with Crippen LogP contribution in [0.5, 0.6) is 0 Å². The van der Waals surface area contributed by atoms with Crippen molar-refractivity contribution in [2.75, 3.05) is 0 Å². The Morgan fingerprint density at radius 3 is 2.18 bits per heavy atom. The van der Waals surface area contributed by atoms with Crippen LogP contribution < -0.4 is 0 Å². The van der Waals surface area contributed by atoms with Gasteiger partial charge in [-0.05, 0) is 19.4 Å². The van der Waals surface area contributed by atoms with Crippen LogP contribution in [0, 0.1) is 6.92 Å². The summed E-state index contributed by atoms with van der Waals surface area (Å²) in [7, 11) is 0. The van der Waals surface area contributed by atoms with Gasteiger partial charge in [0.2, 0.25) is 0 Å². The van der Waals surface area contributed by atoms with Crippen LogP contribution in [0.1, 0.15) is 22.2 Å². The Kier molecular flexibility index (Phi) is 2.58. The zero-order valence-electron chi connectivity index (χ0n) is 6.07. The van der Waals surface area contributed by atoms with Crippen LogP contribution >= 0.6 is 34.5 Å². The van der Waals surface area contributed by atoms with E-state index < -0.39 is 0 Å². The van der Waals surface area contributed by atoms with Crippen LogP contribution in [0.15, 0.2) is 0 Å². The number of hydrogen-bond donors (Lipinski definition) is 0. The van der Waals surface area contributed by atoms with E-state index in [0.29, 0.717) is 14.2 Å². The third kappa shape index (κ3) is 1.58. The van der Waals surface area contributed by atoms with Crippen molar-refractivity contribution < 1.29 is 4.79 Å². The zero-order chi connectivity index (χ0) is 8.59. The monoisotopic (exact) mass is 208 g/mol. The van der Waals surface area contributed by atoms with E-state index >= 15 is 0 Å². The molecule has 1 nitrogen and oxygen atoms in total. The summed E-state index contributed by atoms with van der Waals surface area (Å²) in [6.07, 6.45) is 0. The molecule has 1 aromatic rings. The van der Waals surface area contributed by atoms with E-state index in [2.05, 4.69) is 0 Å². The molecule has 0 atom stereocenters. The van der Waals surface area contributed by atoms with E-state index in [1.807, 2.05) is 0 Å². The van der Waals surface area contributed by atoms with Crippen molar-refractivity contribution in [1.82, 2.24) is 0 Å². The maximum Gasteiger partial charge on any atom is 0.170 e.